The zero-order chi connectivity index (χ0) is 24.9. The lowest BCUT2D eigenvalue weighted by Gasteiger charge is -2.42. The number of morpholine rings is 1. The van der Waals surface area contributed by atoms with Gasteiger partial charge in [0, 0.05) is 49.1 Å². The van der Waals surface area contributed by atoms with Crippen molar-refractivity contribution in [2.45, 2.75) is 24.2 Å². The van der Waals surface area contributed by atoms with Crippen LogP contribution in [0.1, 0.15) is 19.3 Å². The average molecular weight is 523 g/mol. The number of carbonyl (C=O) groups excluding carboxylic acids is 1. The van der Waals surface area contributed by atoms with Crippen LogP contribution in [0.3, 0.4) is 0 Å². The molecule has 35 heavy (non-hydrogen) atoms. The Morgan fingerprint density at radius 2 is 1.83 bits per heavy atom. The van der Waals surface area contributed by atoms with Gasteiger partial charge in [-0.15, -0.1) is 0 Å². The number of nitrogens with zero attached hydrogens (tertiary/aromatic N) is 2. The van der Waals surface area contributed by atoms with Gasteiger partial charge in [0.2, 0.25) is 15.9 Å². The van der Waals surface area contributed by atoms with Crippen molar-refractivity contribution >= 4 is 27.5 Å². The molecule has 2 aromatic carbocycles. The molecule has 10 heteroatoms. The van der Waals surface area contributed by atoms with Gasteiger partial charge in [-0.1, -0.05) is 17.7 Å². The molecule has 2 heterocycles. The number of halogens is 1. The first-order valence-corrected chi connectivity index (χ1v) is 13.5. The molecule has 1 atom stereocenters. The molecule has 2 saturated heterocycles. The van der Waals surface area contributed by atoms with Gasteiger partial charge in [0.25, 0.3) is 0 Å². The van der Waals surface area contributed by atoms with Crippen LogP contribution in [0.5, 0.6) is 11.5 Å². The van der Waals surface area contributed by atoms with Crippen LogP contribution in [0.2, 0.25) is 5.02 Å². The Morgan fingerprint density at radius 1 is 1.09 bits per heavy atom. The van der Waals surface area contributed by atoms with Gasteiger partial charge < -0.3 is 19.1 Å². The largest absolute Gasteiger partial charge is 0.497 e. The summed E-state index contributed by atoms with van der Waals surface area (Å²) in [6, 6.07) is 13.5. The molecule has 0 aliphatic carbocycles. The van der Waals surface area contributed by atoms with Gasteiger partial charge in [-0.25, -0.2) is 8.42 Å². The lowest BCUT2D eigenvalue weighted by molar-refractivity contribution is -0.139. The monoisotopic (exact) mass is 522 g/mol. The van der Waals surface area contributed by atoms with Crippen molar-refractivity contribution in [1.29, 1.82) is 0 Å². The molecule has 0 bridgehead atoms. The predicted octanol–water partition coefficient (Wildman–Crippen LogP) is 3.45. The Kier molecular flexibility index (Phi) is 8.21. The number of piperidine rings is 1. The van der Waals surface area contributed by atoms with E-state index < -0.39 is 15.4 Å². The molecule has 2 aromatic rings. The fourth-order valence-corrected chi connectivity index (χ4v) is 6.36. The fraction of sp³-hybridized carbons (Fsp3) is 0.480. The Labute approximate surface area is 211 Å². The van der Waals surface area contributed by atoms with Gasteiger partial charge in [-0.2, -0.15) is 4.31 Å². The summed E-state index contributed by atoms with van der Waals surface area (Å²) in [4.78, 5) is 15.2. The first-order valence-electron chi connectivity index (χ1n) is 11.7. The maximum Gasteiger partial charge on any atom is 0.243 e. The number of hydrogen-bond acceptors (Lipinski definition) is 6. The molecule has 2 aliphatic heterocycles. The maximum absolute atomic E-state index is 13.5. The Balaban J connectivity index is 1.58. The third-order valence-corrected chi connectivity index (χ3v) is 8.65. The second-order valence-corrected chi connectivity index (χ2v) is 11.4. The summed E-state index contributed by atoms with van der Waals surface area (Å²) < 4.78 is 45.3. The topological polar surface area (TPSA) is 85.4 Å². The Hall–Kier alpha value is -2.33. The van der Waals surface area contributed by atoms with Gasteiger partial charge in [-0.3, -0.25) is 4.79 Å². The van der Waals surface area contributed by atoms with Crippen molar-refractivity contribution in [3.05, 3.63) is 53.6 Å². The summed E-state index contributed by atoms with van der Waals surface area (Å²) in [7, 11) is -2.28. The van der Waals surface area contributed by atoms with Gasteiger partial charge in [-0.05, 0) is 49.2 Å². The van der Waals surface area contributed by atoms with E-state index in [0.29, 0.717) is 62.2 Å². The molecule has 0 spiro atoms. The van der Waals surface area contributed by atoms with Crippen LogP contribution in [-0.2, 0) is 19.6 Å². The SMILES string of the molecule is COc1cccc(S(=O)(=O)N2CCCC(COc3ccc(Cl)cc3)(CC(=O)N3CCOCC3)C2)c1. The lowest BCUT2D eigenvalue weighted by atomic mass is 9.78. The minimum atomic E-state index is -3.78. The van der Waals surface area contributed by atoms with E-state index in [0.717, 1.165) is 0 Å². The molecule has 1 unspecified atom stereocenters. The summed E-state index contributed by atoms with van der Waals surface area (Å²) in [6.45, 7) is 2.89. The van der Waals surface area contributed by atoms with Gasteiger partial charge in [0.05, 0.1) is 31.8 Å². The number of amides is 1. The maximum atomic E-state index is 13.5. The Morgan fingerprint density at radius 3 is 2.54 bits per heavy atom. The van der Waals surface area contributed by atoms with Crippen molar-refractivity contribution < 1.29 is 27.4 Å². The number of ether oxygens (including phenoxy) is 3. The van der Waals surface area contributed by atoms with Crippen molar-refractivity contribution in [2.75, 3.05) is 53.1 Å². The van der Waals surface area contributed by atoms with Gasteiger partial charge in [0.1, 0.15) is 11.5 Å². The van der Waals surface area contributed by atoms with E-state index in [1.807, 2.05) is 0 Å². The second-order valence-electron chi connectivity index (χ2n) is 9.03. The number of carbonyl (C=O) groups is 1. The minimum Gasteiger partial charge on any atom is -0.497 e. The molecule has 2 aliphatic rings. The number of sulfonamides is 1. The van der Waals surface area contributed by atoms with Crippen LogP contribution in [-0.4, -0.2) is 76.6 Å². The predicted molar refractivity (Wildman–Crippen MR) is 132 cm³/mol. The number of hydrogen-bond donors (Lipinski definition) is 0. The van der Waals surface area contributed by atoms with E-state index in [-0.39, 0.29) is 30.4 Å². The summed E-state index contributed by atoms with van der Waals surface area (Å²) in [5.74, 6) is 1.09. The molecule has 2 fully saturated rings. The van der Waals surface area contributed by atoms with E-state index in [9.17, 15) is 13.2 Å². The molecule has 1 amide bonds. The summed E-state index contributed by atoms with van der Waals surface area (Å²) >= 11 is 5.99. The van der Waals surface area contributed by atoms with E-state index in [1.165, 1.54) is 17.5 Å². The Bertz CT molecular complexity index is 1120. The highest BCUT2D eigenvalue weighted by atomic mass is 35.5. The molecular weight excluding hydrogens is 492 g/mol. The molecule has 0 radical (unpaired) electrons. The van der Waals surface area contributed by atoms with Gasteiger partial charge in [0.15, 0.2) is 0 Å². The summed E-state index contributed by atoms with van der Waals surface area (Å²) in [5, 5.41) is 0.600. The zero-order valence-electron chi connectivity index (χ0n) is 19.8. The van der Waals surface area contributed by atoms with Crippen LogP contribution in [0.15, 0.2) is 53.4 Å². The highest BCUT2D eigenvalue weighted by Crippen LogP contribution is 2.38. The van der Waals surface area contributed by atoms with Crippen molar-refractivity contribution in [3.8, 4) is 11.5 Å². The fourth-order valence-electron chi connectivity index (χ4n) is 4.60. The van der Waals surface area contributed by atoms with Crippen molar-refractivity contribution in [3.63, 3.8) is 0 Å². The zero-order valence-corrected chi connectivity index (χ0v) is 21.4. The molecular formula is C25H31ClN2O6S. The lowest BCUT2D eigenvalue weighted by Crippen LogP contribution is -2.51. The summed E-state index contributed by atoms with van der Waals surface area (Å²) in [5.41, 5.74) is -0.667. The van der Waals surface area contributed by atoms with E-state index in [4.69, 9.17) is 25.8 Å². The van der Waals surface area contributed by atoms with E-state index in [2.05, 4.69) is 0 Å². The van der Waals surface area contributed by atoms with E-state index in [1.54, 1.807) is 47.4 Å². The van der Waals surface area contributed by atoms with Crippen LogP contribution in [0.25, 0.3) is 0 Å². The van der Waals surface area contributed by atoms with Crippen molar-refractivity contribution in [2.24, 2.45) is 5.41 Å². The minimum absolute atomic E-state index is 0.00589. The van der Waals surface area contributed by atoms with Crippen molar-refractivity contribution in [1.82, 2.24) is 9.21 Å². The molecule has 0 aromatic heterocycles. The number of methoxy groups -OCH3 is 1. The molecule has 4 rings (SSSR count). The average Bonchev–Trinajstić information content (AvgIpc) is 2.89. The quantitative estimate of drug-likeness (QED) is 0.528. The third-order valence-electron chi connectivity index (χ3n) is 6.55. The smallest absolute Gasteiger partial charge is 0.243 e. The summed E-state index contributed by atoms with van der Waals surface area (Å²) in [6.07, 6.45) is 1.51. The standard InChI is InChI=1S/C25H31ClN2O6S/c1-32-22-4-2-5-23(16-22)35(30,31)28-11-3-10-25(18-28,17-24(29)27-12-14-33-15-13-27)19-34-21-8-6-20(26)7-9-21/h2,4-9,16H,3,10-15,17-19H2,1H3. The third kappa shape index (κ3) is 6.27. The van der Waals surface area contributed by atoms with Crippen LogP contribution >= 0.6 is 11.6 Å². The first kappa shape index (κ1) is 25.8. The second kappa shape index (κ2) is 11.2. The molecule has 190 valence electrons. The molecule has 0 saturated carbocycles. The van der Waals surface area contributed by atoms with Crippen LogP contribution in [0.4, 0.5) is 0 Å². The highest BCUT2D eigenvalue weighted by Gasteiger charge is 2.43. The van der Waals surface area contributed by atoms with Gasteiger partial charge >= 0.3 is 0 Å². The normalized spacial score (nSPS) is 21.5. The number of rotatable bonds is 8. The molecule has 8 nitrogen and oxygen atoms in total. The first-order chi connectivity index (χ1) is 16.8. The van der Waals surface area contributed by atoms with Crippen LogP contribution in [0, 0.1) is 5.41 Å². The van der Waals surface area contributed by atoms with E-state index >= 15 is 0 Å². The number of benzene rings is 2. The van der Waals surface area contributed by atoms with Crippen LogP contribution < -0.4 is 9.47 Å². The highest BCUT2D eigenvalue weighted by molar-refractivity contribution is 7.89. The molecule has 0 N–H and O–H groups in total.